The largest absolute Gasteiger partial charge is 0.495 e. The van der Waals surface area contributed by atoms with Gasteiger partial charge in [-0.15, -0.1) is 0 Å². The van der Waals surface area contributed by atoms with E-state index in [4.69, 9.17) is 16.3 Å². The Kier molecular flexibility index (Phi) is 6.57. The SMILES string of the molecule is COc1cc(Cl)c(C)cc1NC(=O)c1ccc(N(C)S(=O)(=O)c2ccc(C)cc2)cc1. The Morgan fingerprint density at radius 1 is 1.00 bits per heavy atom. The van der Waals surface area contributed by atoms with E-state index in [-0.39, 0.29) is 10.8 Å². The predicted octanol–water partition coefficient (Wildman–Crippen LogP) is 5.04. The van der Waals surface area contributed by atoms with Crippen LogP contribution in [0.1, 0.15) is 21.5 Å². The summed E-state index contributed by atoms with van der Waals surface area (Å²) in [7, 11) is -0.731. The van der Waals surface area contributed by atoms with Gasteiger partial charge in [-0.3, -0.25) is 9.10 Å². The van der Waals surface area contributed by atoms with Gasteiger partial charge in [0.05, 0.1) is 23.4 Å². The molecular weight excluding hydrogens is 436 g/mol. The van der Waals surface area contributed by atoms with Gasteiger partial charge in [-0.05, 0) is 61.9 Å². The van der Waals surface area contributed by atoms with E-state index in [9.17, 15) is 13.2 Å². The van der Waals surface area contributed by atoms with Gasteiger partial charge >= 0.3 is 0 Å². The van der Waals surface area contributed by atoms with E-state index in [1.165, 1.54) is 18.5 Å². The lowest BCUT2D eigenvalue weighted by Crippen LogP contribution is -2.26. The summed E-state index contributed by atoms with van der Waals surface area (Å²) >= 11 is 6.11. The van der Waals surface area contributed by atoms with Gasteiger partial charge in [0.1, 0.15) is 5.75 Å². The van der Waals surface area contributed by atoms with Crippen molar-refractivity contribution < 1.29 is 17.9 Å². The van der Waals surface area contributed by atoms with Crippen molar-refractivity contribution in [3.63, 3.8) is 0 Å². The minimum Gasteiger partial charge on any atom is -0.495 e. The number of aryl methyl sites for hydroxylation is 2. The summed E-state index contributed by atoms with van der Waals surface area (Å²) in [4.78, 5) is 12.9. The number of methoxy groups -OCH3 is 1. The lowest BCUT2D eigenvalue weighted by molar-refractivity contribution is 0.102. The smallest absolute Gasteiger partial charge is 0.264 e. The van der Waals surface area contributed by atoms with Crippen LogP contribution in [0.5, 0.6) is 5.75 Å². The maximum absolute atomic E-state index is 12.9. The number of carbonyl (C=O) groups excluding carboxylic acids is 1. The number of rotatable bonds is 6. The zero-order valence-corrected chi connectivity index (χ0v) is 19.2. The lowest BCUT2D eigenvalue weighted by Gasteiger charge is -2.20. The van der Waals surface area contributed by atoms with E-state index in [1.54, 1.807) is 60.7 Å². The Bertz CT molecular complexity index is 1210. The molecule has 0 radical (unpaired) electrons. The first-order chi connectivity index (χ1) is 14.6. The highest BCUT2D eigenvalue weighted by Crippen LogP contribution is 2.31. The fraction of sp³-hybridized carbons (Fsp3) is 0.174. The van der Waals surface area contributed by atoms with Crippen LogP contribution in [0.4, 0.5) is 11.4 Å². The number of halogens is 1. The second-order valence-corrected chi connectivity index (χ2v) is 9.46. The Labute approximate surface area is 187 Å². The minimum atomic E-state index is -3.70. The summed E-state index contributed by atoms with van der Waals surface area (Å²) < 4.78 is 32.2. The first-order valence-corrected chi connectivity index (χ1v) is 11.3. The monoisotopic (exact) mass is 458 g/mol. The van der Waals surface area contributed by atoms with E-state index < -0.39 is 10.0 Å². The number of ether oxygens (including phenoxy) is 1. The van der Waals surface area contributed by atoms with Crippen molar-refractivity contribution in [2.75, 3.05) is 23.8 Å². The molecule has 3 aromatic carbocycles. The van der Waals surface area contributed by atoms with E-state index in [0.717, 1.165) is 11.1 Å². The molecule has 0 unspecified atom stereocenters. The lowest BCUT2D eigenvalue weighted by atomic mass is 10.1. The van der Waals surface area contributed by atoms with Crippen LogP contribution in [0.2, 0.25) is 5.02 Å². The third-order valence-electron chi connectivity index (χ3n) is 4.90. The van der Waals surface area contributed by atoms with E-state index in [0.29, 0.717) is 27.7 Å². The summed E-state index contributed by atoms with van der Waals surface area (Å²) in [5.74, 6) is 0.0973. The van der Waals surface area contributed by atoms with Gasteiger partial charge in [0, 0.05) is 23.7 Å². The molecule has 0 aliphatic rings. The summed E-state index contributed by atoms with van der Waals surface area (Å²) in [6.45, 7) is 3.72. The molecule has 3 rings (SSSR count). The van der Waals surface area contributed by atoms with Gasteiger partial charge < -0.3 is 10.1 Å². The van der Waals surface area contributed by atoms with Gasteiger partial charge in [-0.25, -0.2) is 8.42 Å². The summed E-state index contributed by atoms with van der Waals surface area (Å²) in [6.07, 6.45) is 0. The van der Waals surface area contributed by atoms with Crippen molar-refractivity contribution in [3.8, 4) is 5.75 Å². The van der Waals surface area contributed by atoms with Crippen LogP contribution in [0.25, 0.3) is 0 Å². The third kappa shape index (κ3) is 4.84. The molecule has 0 bridgehead atoms. The number of hydrogen-bond donors (Lipinski definition) is 1. The Morgan fingerprint density at radius 2 is 1.61 bits per heavy atom. The Morgan fingerprint density at radius 3 is 2.19 bits per heavy atom. The molecule has 3 aromatic rings. The maximum atomic E-state index is 12.9. The van der Waals surface area contributed by atoms with Gasteiger partial charge in [0.15, 0.2) is 0 Å². The predicted molar refractivity (Wildman–Crippen MR) is 124 cm³/mol. The molecule has 31 heavy (non-hydrogen) atoms. The van der Waals surface area contributed by atoms with Crippen molar-refractivity contribution in [2.45, 2.75) is 18.7 Å². The second-order valence-electron chi connectivity index (χ2n) is 7.09. The summed E-state index contributed by atoms with van der Waals surface area (Å²) in [5, 5.41) is 3.34. The average Bonchev–Trinajstić information content (AvgIpc) is 2.76. The van der Waals surface area contributed by atoms with Gasteiger partial charge in [-0.1, -0.05) is 29.3 Å². The number of carbonyl (C=O) groups is 1. The molecule has 1 amide bonds. The van der Waals surface area contributed by atoms with Crippen LogP contribution in [0.3, 0.4) is 0 Å². The summed E-state index contributed by atoms with van der Waals surface area (Å²) in [5.41, 5.74) is 3.09. The van der Waals surface area contributed by atoms with E-state index in [2.05, 4.69) is 5.32 Å². The third-order valence-corrected chi connectivity index (χ3v) is 7.11. The molecule has 0 aliphatic heterocycles. The van der Waals surface area contributed by atoms with Crippen LogP contribution in [0, 0.1) is 13.8 Å². The Hall–Kier alpha value is -3.03. The molecule has 0 atom stereocenters. The first kappa shape index (κ1) is 22.7. The van der Waals surface area contributed by atoms with Crippen LogP contribution in [0.15, 0.2) is 65.6 Å². The van der Waals surface area contributed by atoms with Crippen LogP contribution in [-0.4, -0.2) is 28.5 Å². The fourth-order valence-electron chi connectivity index (χ4n) is 2.95. The van der Waals surface area contributed by atoms with Crippen molar-refractivity contribution in [1.82, 2.24) is 0 Å². The number of nitrogens with one attached hydrogen (secondary N) is 1. The molecule has 0 fully saturated rings. The van der Waals surface area contributed by atoms with Crippen LogP contribution >= 0.6 is 11.6 Å². The highest BCUT2D eigenvalue weighted by atomic mass is 35.5. The first-order valence-electron chi connectivity index (χ1n) is 9.44. The Balaban J connectivity index is 1.80. The fourth-order valence-corrected chi connectivity index (χ4v) is 4.30. The quantitative estimate of drug-likeness (QED) is 0.561. The van der Waals surface area contributed by atoms with E-state index in [1.807, 2.05) is 13.8 Å². The average molecular weight is 459 g/mol. The molecular formula is C23H23ClN2O4S. The normalized spacial score (nSPS) is 11.1. The molecule has 6 nitrogen and oxygen atoms in total. The van der Waals surface area contributed by atoms with E-state index >= 15 is 0 Å². The molecule has 0 saturated heterocycles. The highest BCUT2D eigenvalue weighted by molar-refractivity contribution is 7.92. The molecule has 0 saturated carbocycles. The van der Waals surface area contributed by atoms with Gasteiger partial charge in [0.25, 0.3) is 15.9 Å². The topological polar surface area (TPSA) is 75.7 Å². The van der Waals surface area contributed by atoms with Crippen LogP contribution < -0.4 is 14.4 Å². The minimum absolute atomic E-state index is 0.202. The van der Waals surface area contributed by atoms with Crippen molar-refractivity contribution in [2.24, 2.45) is 0 Å². The number of amides is 1. The van der Waals surface area contributed by atoms with Crippen molar-refractivity contribution >= 4 is 38.9 Å². The van der Waals surface area contributed by atoms with Gasteiger partial charge in [0.2, 0.25) is 0 Å². The van der Waals surface area contributed by atoms with Crippen LogP contribution in [-0.2, 0) is 10.0 Å². The number of benzene rings is 3. The molecule has 0 aromatic heterocycles. The molecule has 1 N–H and O–H groups in total. The zero-order chi connectivity index (χ0) is 22.8. The molecule has 0 aliphatic carbocycles. The van der Waals surface area contributed by atoms with Crippen molar-refractivity contribution in [3.05, 3.63) is 82.4 Å². The zero-order valence-electron chi connectivity index (χ0n) is 17.6. The van der Waals surface area contributed by atoms with Crippen molar-refractivity contribution in [1.29, 1.82) is 0 Å². The summed E-state index contributed by atoms with van der Waals surface area (Å²) in [6, 6.07) is 16.3. The highest BCUT2D eigenvalue weighted by Gasteiger charge is 2.21. The number of hydrogen-bond acceptors (Lipinski definition) is 4. The molecule has 8 heteroatoms. The maximum Gasteiger partial charge on any atom is 0.264 e. The number of nitrogens with zero attached hydrogens (tertiary/aromatic N) is 1. The molecule has 0 heterocycles. The molecule has 162 valence electrons. The van der Waals surface area contributed by atoms with Gasteiger partial charge in [-0.2, -0.15) is 0 Å². The number of anilines is 2. The molecule has 0 spiro atoms. The number of sulfonamides is 1. The standard InChI is InChI=1S/C23H23ClN2O4S/c1-15-5-11-19(12-6-15)31(28,29)26(3)18-9-7-17(8-10-18)23(27)25-21-13-16(2)20(24)14-22(21)30-4/h5-14H,1-4H3,(H,25,27). The second kappa shape index (κ2) is 8.99.